The second-order valence-corrected chi connectivity index (χ2v) is 8.83. The fourth-order valence-electron chi connectivity index (χ4n) is 3.62. The van der Waals surface area contributed by atoms with Crippen LogP contribution in [0.5, 0.6) is 0 Å². The van der Waals surface area contributed by atoms with Crippen LogP contribution in [0.3, 0.4) is 0 Å². The molecular weight excluding hydrogens is 426 g/mol. The number of aromatic amines is 1. The third-order valence-corrected chi connectivity index (χ3v) is 6.13. The molecule has 4 N–H and O–H groups in total. The molecule has 3 aromatic carbocycles. The first kappa shape index (κ1) is 19.9. The van der Waals surface area contributed by atoms with E-state index in [-0.39, 0.29) is 10.6 Å². The number of fused-ring (bicyclic) bond motifs is 2. The number of sulfonamides is 1. The fraction of sp³-hybridized carbons (Fsp3) is 0. The number of amides is 1. The Morgan fingerprint density at radius 1 is 0.938 bits per heavy atom. The molecule has 0 saturated heterocycles. The van der Waals surface area contributed by atoms with Crippen molar-refractivity contribution in [3.8, 4) is 11.1 Å². The summed E-state index contributed by atoms with van der Waals surface area (Å²) in [6, 6.07) is 19.3. The molecule has 0 spiro atoms. The van der Waals surface area contributed by atoms with Crippen molar-refractivity contribution < 1.29 is 13.2 Å². The molecule has 0 radical (unpaired) electrons. The largest absolute Gasteiger partial charge is 0.321 e. The van der Waals surface area contributed by atoms with Gasteiger partial charge in [0.15, 0.2) is 5.69 Å². The van der Waals surface area contributed by atoms with Crippen molar-refractivity contribution in [3.63, 3.8) is 0 Å². The van der Waals surface area contributed by atoms with Crippen LogP contribution in [0.2, 0.25) is 0 Å². The zero-order valence-electron chi connectivity index (χ0n) is 16.6. The van der Waals surface area contributed by atoms with Crippen molar-refractivity contribution in [1.82, 2.24) is 15.2 Å². The maximum Gasteiger partial charge on any atom is 0.276 e. The van der Waals surface area contributed by atoms with E-state index in [0.717, 1.165) is 27.4 Å². The summed E-state index contributed by atoms with van der Waals surface area (Å²) < 4.78 is 22.8. The van der Waals surface area contributed by atoms with Crippen LogP contribution in [0.25, 0.3) is 32.8 Å². The molecule has 1 amide bonds. The van der Waals surface area contributed by atoms with Gasteiger partial charge in [0, 0.05) is 34.4 Å². The van der Waals surface area contributed by atoms with E-state index in [0.29, 0.717) is 11.1 Å². The topological polar surface area (TPSA) is 131 Å². The normalized spacial score (nSPS) is 11.7. The molecule has 0 saturated carbocycles. The van der Waals surface area contributed by atoms with Crippen LogP contribution in [0, 0.1) is 0 Å². The Labute approximate surface area is 183 Å². The quantitative estimate of drug-likeness (QED) is 0.390. The molecule has 158 valence electrons. The first-order valence-electron chi connectivity index (χ1n) is 9.65. The van der Waals surface area contributed by atoms with Gasteiger partial charge in [-0.2, -0.15) is 5.10 Å². The molecule has 9 heteroatoms. The van der Waals surface area contributed by atoms with E-state index in [2.05, 4.69) is 20.5 Å². The molecule has 8 nitrogen and oxygen atoms in total. The summed E-state index contributed by atoms with van der Waals surface area (Å²) in [7, 11) is -3.80. The molecule has 5 rings (SSSR count). The number of pyridine rings is 1. The number of H-pyrrole nitrogens is 1. The van der Waals surface area contributed by atoms with Gasteiger partial charge in [0.1, 0.15) is 0 Å². The summed E-state index contributed by atoms with van der Waals surface area (Å²) in [5, 5.41) is 17.6. The number of nitrogens with one attached hydrogen (secondary N) is 2. The number of nitrogens with zero attached hydrogens (tertiary/aromatic N) is 2. The minimum atomic E-state index is -3.80. The molecule has 2 heterocycles. The lowest BCUT2D eigenvalue weighted by atomic mass is 9.99. The highest BCUT2D eigenvalue weighted by atomic mass is 32.2. The lowest BCUT2D eigenvalue weighted by molar-refractivity contribution is 0.102. The standard InChI is InChI=1S/C23H17N5O3S/c24-32(30,31)17-8-6-16(7-9-17)26-23(29)22-19-11-14(5-10-21(19)27-28-22)20-13-25-12-15-3-1-2-4-18(15)20/h1-13H,(H,26,29)(H,27,28)(H2,24,30,31). The number of hydrogen-bond donors (Lipinski definition) is 3. The Kier molecular flexibility index (Phi) is 4.69. The monoisotopic (exact) mass is 443 g/mol. The van der Waals surface area contributed by atoms with Gasteiger partial charge in [-0.15, -0.1) is 0 Å². The summed E-state index contributed by atoms with van der Waals surface area (Å²) in [6.07, 6.45) is 3.62. The lowest BCUT2D eigenvalue weighted by Crippen LogP contribution is -2.14. The van der Waals surface area contributed by atoms with Gasteiger partial charge >= 0.3 is 0 Å². The number of primary sulfonamides is 1. The van der Waals surface area contributed by atoms with Crippen molar-refractivity contribution in [2.45, 2.75) is 4.90 Å². The van der Waals surface area contributed by atoms with E-state index in [4.69, 9.17) is 5.14 Å². The second-order valence-electron chi connectivity index (χ2n) is 7.26. The van der Waals surface area contributed by atoms with Crippen LogP contribution in [-0.4, -0.2) is 29.5 Å². The third kappa shape index (κ3) is 3.59. The summed E-state index contributed by atoms with van der Waals surface area (Å²) in [5.41, 5.74) is 3.24. The molecule has 0 aliphatic rings. The van der Waals surface area contributed by atoms with E-state index in [9.17, 15) is 13.2 Å². The highest BCUT2D eigenvalue weighted by Gasteiger charge is 2.16. The van der Waals surface area contributed by atoms with Crippen molar-refractivity contribution in [2.24, 2.45) is 5.14 Å². The Morgan fingerprint density at radius 2 is 1.72 bits per heavy atom. The molecule has 0 bridgehead atoms. The smallest absolute Gasteiger partial charge is 0.276 e. The summed E-state index contributed by atoms with van der Waals surface area (Å²) in [4.78, 5) is 17.2. The Bertz CT molecular complexity index is 1590. The summed E-state index contributed by atoms with van der Waals surface area (Å²) >= 11 is 0. The first-order valence-corrected chi connectivity index (χ1v) is 11.2. The van der Waals surface area contributed by atoms with Gasteiger partial charge in [0.2, 0.25) is 10.0 Å². The SMILES string of the molecule is NS(=O)(=O)c1ccc(NC(=O)c2n[nH]c3ccc(-c4cncc5ccccc45)cc23)cc1. The summed E-state index contributed by atoms with van der Waals surface area (Å²) in [5.74, 6) is -0.423. The molecule has 0 atom stereocenters. The number of hydrogen-bond acceptors (Lipinski definition) is 5. The molecule has 0 aliphatic carbocycles. The fourth-order valence-corrected chi connectivity index (χ4v) is 4.13. The number of carbonyl (C=O) groups excluding carboxylic acids is 1. The van der Waals surface area contributed by atoms with Crippen LogP contribution < -0.4 is 10.5 Å². The van der Waals surface area contributed by atoms with E-state index in [1.54, 1.807) is 6.20 Å². The van der Waals surface area contributed by atoms with Gasteiger partial charge < -0.3 is 5.32 Å². The van der Waals surface area contributed by atoms with Crippen LogP contribution in [0.15, 0.2) is 84.0 Å². The average Bonchev–Trinajstić information content (AvgIpc) is 3.22. The first-order chi connectivity index (χ1) is 15.4. The highest BCUT2D eigenvalue weighted by Crippen LogP contribution is 2.30. The lowest BCUT2D eigenvalue weighted by Gasteiger charge is -2.07. The number of benzene rings is 3. The number of rotatable bonds is 4. The number of anilines is 1. The van der Waals surface area contributed by atoms with Gasteiger partial charge in [0.05, 0.1) is 10.4 Å². The molecule has 0 unspecified atom stereocenters. The van der Waals surface area contributed by atoms with E-state index in [1.807, 2.05) is 48.7 Å². The Morgan fingerprint density at radius 3 is 2.50 bits per heavy atom. The van der Waals surface area contributed by atoms with Crippen molar-refractivity contribution in [3.05, 3.63) is 84.8 Å². The van der Waals surface area contributed by atoms with Gasteiger partial charge in [-0.3, -0.25) is 14.9 Å². The van der Waals surface area contributed by atoms with Crippen LogP contribution in [-0.2, 0) is 10.0 Å². The Balaban J connectivity index is 1.51. The predicted molar refractivity (Wildman–Crippen MR) is 123 cm³/mol. The minimum Gasteiger partial charge on any atom is -0.321 e. The molecule has 0 fully saturated rings. The van der Waals surface area contributed by atoms with Crippen molar-refractivity contribution in [1.29, 1.82) is 0 Å². The third-order valence-electron chi connectivity index (χ3n) is 5.20. The van der Waals surface area contributed by atoms with Crippen molar-refractivity contribution in [2.75, 3.05) is 5.32 Å². The zero-order chi connectivity index (χ0) is 22.3. The van der Waals surface area contributed by atoms with Gasteiger partial charge in [-0.1, -0.05) is 30.3 Å². The second kappa shape index (κ2) is 7.56. The van der Waals surface area contributed by atoms with Crippen molar-refractivity contribution >= 4 is 43.3 Å². The van der Waals surface area contributed by atoms with Crippen LogP contribution in [0.1, 0.15) is 10.5 Å². The van der Waals surface area contributed by atoms with E-state index < -0.39 is 15.9 Å². The number of carbonyl (C=O) groups is 1. The molecule has 5 aromatic rings. The predicted octanol–water partition coefficient (Wildman–Crippen LogP) is 3.68. The minimum absolute atomic E-state index is 0.0333. The molecule has 0 aliphatic heterocycles. The zero-order valence-corrected chi connectivity index (χ0v) is 17.4. The number of aromatic nitrogens is 3. The Hall–Kier alpha value is -4.08. The number of nitrogens with two attached hydrogens (primary N) is 1. The maximum atomic E-state index is 12.9. The van der Waals surface area contributed by atoms with E-state index >= 15 is 0 Å². The highest BCUT2D eigenvalue weighted by molar-refractivity contribution is 7.89. The summed E-state index contributed by atoms with van der Waals surface area (Å²) in [6.45, 7) is 0. The van der Waals surface area contributed by atoms with E-state index in [1.165, 1.54) is 24.3 Å². The van der Waals surface area contributed by atoms with Gasteiger partial charge in [0.25, 0.3) is 5.91 Å². The maximum absolute atomic E-state index is 12.9. The average molecular weight is 443 g/mol. The molecule has 2 aromatic heterocycles. The van der Waals surface area contributed by atoms with Crippen LogP contribution >= 0.6 is 0 Å². The van der Waals surface area contributed by atoms with Crippen LogP contribution in [0.4, 0.5) is 5.69 Å². The molecular formula is C23H17N5O3S. The molecule has 32 heavy (non-hydrogen) atoms. The van der Waals surface area contributed by atoms with Gasteiger partial charge in [-0.25, -0.2) is 13.6 Å². The van der Waals surface area contributed by atoms with Gasteiger partial charge in [-0.05, 0) is 47.3 Å².